The lowest BCUT2D eigenvalue weighted by Crippen LogP contribution is -2.39. The number of hydrogen-bond donors (Lipinski definition) is 1. The van der Waals surface area contributed by atoms with Gasteiger partial charge in [0.1, 0.15) is 18.6 Å². The van der Waals surface area contributed by atoms with Crippen LogP contribution >= 0.6 is 0 Å². The predicted octanol–water partition coefficient (Wildman–Crippen LogP) is 3.45. The lowest BCUT2D eigenvalue weighted by Gasteiger charge is -2.02. The molecule has 0 fully saturated rings. The van der Waals surface area contributed by atoms with Gasteiger partial charge in [-0.1, -0.05) is 39.5 Å². The van der Waals surface area contributed by atoms with E-state index in [1.165, 1.54) is 62.3 Å². The van der Waals surface area contributed by atoms with Gasteiger partial charge in [0.25, 0.3) is 11.5 Å². The van der Waals surface area contributed by atoms with Gasteiger partial charge in [-0.15, -0.1) is 0 Å². The van der Waals surface area contributed by atoms with Crippen molar-refractivity contribution >= 4 is 0 Å². The smallest absolute Gasteiger partial charge is 0.247 e. The minimum absolute atomic E-state index is 1.10. The Morgan fingerprint density at radius 2 is 1.74 bits per heavy atom. The molecule has 0 aliphatic rings. The Balaban J connectivity index is 2.12. The lowest BCUT2D eigenvalue weighted by atomic mass is 10.1. The topological polar surface area (TPSA) is 28.5 Å². The summed E-state index contributed by atoms with van der Waals surface area (Å²) in [5.41, 5.74) is 1.28. The van der Waals surface area contributed by atoms with E-state index in [1.807, 2.05) is 0 Å². The maximum Gasteiger partial charge on any atom is 0.333 e. The number of hydrogen-bond acceptors (Lipinski definition) is 0. The van der Waals surface area contributed by atoms with Crippen molar-refractivity contribution in [1.82, 2.24) is 9.55 Å². The van der Waals surface area contributed by atoms with Crippen molar-refractivity contribution in [3.8, 4) is 11.5 Å². The van der Waals surface area contributed by atoms with Crippen LogP contribution in [0.3, 0.4) is 0 Å². The Labute approximate surface area is 141 Å². The first-order valence-corrected chi connectivity index (χ1v) is 9.30. The molecule has 0 aliphatic heterocycles. The van der Waals surface area contributed by atoms with Crippen LogP contribution in [0.5, 0.6) is 0 Å². The first kappa shape index (κ1) is 17.8. The molecule has 4 heteroatoms. The molecule has 0 aromatic carbocycles. The third-order valence-corrected chi connectivity index (χ3v) is 4.72. The first-order valence-electron chi connectivity index (χ1n) is 9.30. The number of imidazole rings is 2. The molecular weight excluding hydrogens is 284 g/mol. The van der Waals surface area contributed by atoms with Gasteiger partial charge in [-0.3, -0.25) is 0 Å². The van der Waals surface area contributed by atoms with Gasteiger partial charge in [-0.2, -0.15) is 0 Å². The highest BCUT2D eigenvalue weighted by molar-refractivity contribution is 5.40. The summed E-state index contributed by atoms with van der Waals surface area (Å²) >= 11 is 0. The Morgan fingerprint density at radius 1 is 1.00 bits per heavy atom. The Hall–Kier alpha value is -1.58. The summed E-state index contributed by atoms with van der Waals surface area (Å²) in [6, 6.07) is 0. The predicted molar refractivity (Wildman–Crippen MR) is 93.9 cm³/mol. The minimum atomic E-state index is 1.10. The highest BCUT2D eigenvalue weighted by atomic mass is 15.2. The van der Waals surface area contributed by atoms with E-state index in [0.717, 1.165) is 13.0 Å². The van der Waals surface area contributed by atoms with Crippen LogP contribution in [-0.2, 0) is 27.1 Å². The van der Waals surface area contributed by atoms with E-state index in [-0.39, 0.29) is 0 Å². The molecule has 128 valence electrons. The van der Waals surface area contributed by atoms with E-state index in [9.17, 15) is 0 Å². The van der Waals surface area contributed by atoms with Crippen LogP contribution < -0.4 is 9.13 Å². The van der Waals surface area contributed by atoms with E-state index >= 15 is 0 Å². The van der Waals surface area contributed by atoms with Crippen molar-refractivity contribution in [2.24, 2.45) is 14.1 Å². The van der Waals surface area contributed by atoms with Crippen LogP contribution in [0.25, 0.3) is 11.5 Å². The summed E-state index contributed by atoms with van der Waals surface area (Å²) in [5.74, 6) is 2.62. The van der Waals surface area contributed by atoms with Gasteiger partial charge in [0, 0.05) is 6.42 Å². The maximum atomic E-state index is 3.50. The largest absolute Gasteiger partial charge is 0.333 e. The van der Waals surface area contributed by atoms with Crippen LogP contribution in [-0.4, -0.2) is 9.55 Å². The van der Waals surface area contributed by atoms with Gasteiger partial charge >= 0.3 is 5.82 Å². The number of aromatic amines is 1. The molecule has 1 N–H and O–H groups in total. The fourth-order valence-electron chi connectivity index (χ4n) is 3.23. The summed E-state index contributed by atoms with van der Waals surface area (Å²) in [6.45, 7) is 5.62. The molecule has 2 aromatic rings. The molecule has 2 aromatic heterocycles. The molecular formula is C19H34N4+2. The molecule has 0 saturated carbocycles. The highest BCUT2D eigenvalue weighted by Crippen LogP contribution is 2.14. The minimum Gasteiger partial charge on any atom is -0.247 e. The van der Waals surface area contributed by atoms with E-state index in [1.54, 1.807) is 0 Å². The quantitative estimate of drug-likeness (QED) is 0.513. The van der Waals surface area contributed by atoms with E-state index < -0.39 is 0 Å². The summed E-state index contributed by atoms with van der Waals surface area (Å²) in [5, 5.41) is 0. The zero-order valence-electron chi connectivity index (χ0n) is 15.4. The summed E-state index contributed by atoms with van der Waals surface area (Å²) in [4.78, 5) is 3.50. The Morgan fingerprint density at radius 3 is 2.48 bits per heavy atom. The number of unbranched alkanes of at least 4 members (excludes halogenated alkanes) is 5. The van der Waals surface area contributed by atoms with Gasteiger partial charge in [-0.25, -0.2) is 18.7 Å². The fraction of sp³-hybridized carbons (Fsp3) is 0.684. The second kappa shape index (κ2) is 8.90. The van der Waals surface area contributed by atoms with Crippen molar-refractivity contribution in [1.29, 1.82) is 0 Å². The molecule has 0 spiro atoms. The summed E-state index contributed by atoms with van der Waals surface area (Å²) in [7, 11) is 4.32. The fourth-order valence-corrected chi connectivity index (χ4v) is 3.23. The monoisotopic (exact) mass is 318 g/mol. The van der Waals surface area contributed by atoms with Crippen LogP contribution in [0.4, 0.5) is 0 Å². The molecule has 23 heavy (non-hydrogen) atoms. The van der Waals surface area contributed by atoms with E-state index in [0.29, 0.717) is 0 Å². The molecule has 0 atom stereocenters. The normalized spacial score (nSPS) is 11.3. The summed E-state index contributed by atoms with van der Waals surface area (Å²) < 4.78 is 6.95. The van der Waals surface area contributed by atoms with Crippen molar-refractivity contribution in [3.63, 3.8) is 0 Å². The third kappa shape index (κ3) is 4.46. The van der Waals surface area contributed by atoms with E-state index in [4.69, 9.17) is 0 Å². The van der Waals surface area contributed by atoms with Crippen LogP contribution in [0.15, 0.2) is 18.6 Å². The second-order valence-electron chi connectivity index (χ2n) is 6.62. The average Bonchev–Trinajstić information content (AvgIpc) is 3.07. The molecule has 2 rings (SSSR count). The van der Waals surface area contributed by atoms with Gasteiger partial charge in [0.05, 0.1) is 20.6 Å². The number of H-pyrrole nitrogens is 1. The Bertz CT molecular complexity index is 595. The molecule has 0 radical (unpaired) electrons. The zero-order valence-corrected chi connectivity index (χ0v) is 15.4. The number of aryl methyl sites for hydroxylation is 3. The number of aromatic nitrogens is 4. The van der Waals surface area contributed by atoms with Crippen molar-refractivity contribution < 1.29 is 9.13 Å². The molecule has 2 heterocycles. The van der Waals surface area contributed by atoms with Crippen LogP contribution in [0.2, 0.25) is 0 Å². The van der Waals surface area contributed by atoms with E-state index in [2.05, 4.69) is 65.2 Å². The first-order chi connectivity index (χ1) is 11.2. The average molecular weight is 319 g/mol. The SMILES string of the molecule is CCCCCCc1[nH]cc(-c2n(CCCCC)cc[n+]2C)[n+]1C. The lowest BCUT2D eigenvalue weighted by molar-refractivity contribution is -0.693. The molecule has 0 unspecified atom stereocenters. The zero-order chi connectivity index (χ0) is 16.7. The molecule has 0 amide bonds. The van der Waals surface area contributed by atoms with Crippen molar-refractivity contribution in [2.75, 3.05) is 0 Å². The van der Waals surface area contributed by atoms with Crippen LogP contribution in [0, 0.1) is 0 Å². The molecule has 0 aliphatic carbocycles. The number of nitrogens with zero attached hydrogens (tertiary/aromatic N) is 3. The standard InChI is InChI=1S/C19H33N4/c1-5-7-9-10-12-18-20-16-17(22(18)4)19-21(3)14-15-23(19)13-11-8-6-2/h14-16H,5-13H2,1-4H3/q+1/p+1. The second-order valence-corrected chi connectivity index (χ2v) is 6.62. The van der Waals surface area contributed by atoms with Gasteiger partial charge in [-0.05, 0) is 19.3 Å². The molecule has 0 bridgehead atoms. The number of nitrogens with one attached hydrogen (secondary N) is 1. The maximum absolute atomic E-state index is 3.50. The number of rotatable bonds is 10. The van der Waals surface area contributed by atoms with Crippen LogP contribution in [0.1, 0.15) is 64.6 Å². The Kier molecular flexibility index (Phi) is 6.87. The van der Waals surface area contributed by atoms with Gasteiger partial charge in [0.15, 0.2) is 0 Å². The van der Waals surface area contributed by atoms with Gasteiger partial charge in [0.2, 0.25) is 0 Å². The third-order valence-electron chi connectivity index (χ3n) is 4.72. The molecule has 4 nitrogen and oxygen atoms in total. The molecule has 0 saturated heterocycles. The highest BCUT2D eigenvalue weighted by Gasteiger charge is 2.26. The van der Waals surface area contributed by atoms with Gasteiger partial charge < -0.3 is 0 Å². The van der Waals surface area contributed by atoms with Crippen molar-refractivity contribution in [3.05, 3.63) is 24.4 Å². The van der Waals surface area contributed by atoms with Crippen molar-refractivity contribution in [2.45, 2.75) is 71.8 Å². The summed E-state index contributed by atoms with van der Waals surface area (Å²) in [6.07, 6.45) is 16.7.